The first-order valence-corrected chi connectivity index (χ1v) is 11.2. The molecule has 0 bridgehead atoms. The van der Waals surface area contributed by atoms with E-state index in [9.17, 15) is 14.4 Å². The molecule has 0 aliphatic rings. The number of carbonyl (C=O) groups excluding carboxylic acids is 3. The summed E-state index contributed by atoms with van der Waals surface area (Å²) in [7, 11) is 0. The second-order valence-corrected chi connectivity index (χ2v) is 8.03. The Morgan fingerprint density at radius 1 is 0.879 bits per heavy atom. The lowest BCUT2D eigenvalue weighted by atomic mass is 10.1. The molecule has 3 N–H and O–H groups in total. The Bertz CT molecular complexity index is 1120. The second-order valence-electron chi connectivity index (χ2n) is 7.11. The van der Waals surface area contributed by atoms with Gasteiger partial charge in [0.2, 0.25) is 5.91 Å². The van der Waals surface area contributed by atoms with Crippen molar-refractivity contribution in [3.63, 3.8) is 0 Å². The Balaban J connectivity index is 1.58. The highest BCUT2D eigenvalue weighted by atomic mass is 79.9. The molecule has 0 heterocycles. The molecule has 3 aromatic carbocycles. The molecule has 3 amide bonds. The Kier molecular flexibility index (Phi) is 8.60. The van der Waals surface area contributed by atoms with Crippen LogP contribution in [-0.4, -0.2) is 24.3 Å². The summed E-state index contributed by atoms with van der Waals surface area (Å²) in [4.78, 5) is 36.6. The summed E-state index contributed by atoms with van der Waals surface area (Å²) in [6.07, 6.45) is 1.06. The number of anilines is 1. The van der Waals surface area contributed by atoms with Crippen molar-refractivity contribution in [2.75, 3.05) is 11.9 Å². The van der Waals surface area contributed by atoms with Crippen molar-refractivity contribution in [2.24, 2.45) is 0 Å². The molecule has 33 heavy (non-hydrogen) atoms. The Hall–Kier alpha value is -3.65. The molecule has 8 heteroatoms. The number of rotatable bonds is 8. The molecule has 0 saturated heterocycles. The van der Waals surface area contributed by atoms with E-state index in [1.165, 1.54) is 0 Å². The maximum absolute atomic E-state index is 12.7. The fourth-order valence-corrected chi connectivity index (χ4v) is 3.30. The maximum Gasteiger partial charge on any atom is 0.273 e. The van der Waals surface area contributed by atoms with Crippen LogP contribution in [0.25, 0.3) is 0 Å². The largest absolute Gasteiger partial charge is 0.492 e. The van der Waals surface area contributed by atoms with Gasteiger partial charge in [-0.25, -0.2) is 0 Å². The van der Waals surface area contributed by atoms with E-state index >= 15 is 0 Å². The van der Waals surface area contributed by atoms with Crippen LogP contribution in [0.3, 0.4) is 0 Å². The number of ether oxygens (including phenoxy) is 1. The van der Waals surface area contributed by atoms with Gasteiger partial charge in [0, 0.05) is 28.6 Å². The van der Waals surface area contributed by atoms with Crippen LogP contribution in [0.5, 0.6) is 5.75 Å². The number of hydrogen-bond acceptors (Lipinski definition) is 4. The number of nitrogens with one attached hydrogen (secondary N) is 3. The third-order valence-electron chi connectivity index (χ3n) is 4.72. The first-order valence-electron chi connectivity index (χ1n) is 10.4. The fourth-order valence-electron chi connectivity index (χ4n) is 2.94. The summed E-state index contributed by atoms with van der Waals surface area (Å²) >= 11 is 3.36. The highest BCUT2D eigenvalue weighted by molar-refractivity contribution is 9.10. The number of hydrazine groups is 1. The predicted molar refractivity (Wildman–Crippen MR) is 130 cm³/mol. The van der Waals surface area contributed by atoms with Gasteiger partial charge in [-0.15, -0.1) is 0 Å². The van der Waals surface area contributed by atoms with Crippen LogP contribution in [-0.2, 0) is 11.2 Å². The zero-order valence-corrected chi connectivity index (χ0v) is 19.6. The Morgan fingerprint density at radius 2 is 1.58 bits per heavy atom. The van der Waals surface area contributed by atoms with Gasteiger partial charge in [0.1, 0.15) is 5.75 Å². The van der Waals surface area contributed by atoms with Gasteiger partial charge in [-0.05, 0) is 48.0 Å². The van der Waals surface area contributed by atoms with Gasteiger partial charge in [0.05, 0.1) is 12.2 Å². The molecule has 0 radical (unpaired) electrons. The molecule has 0 unspecified atom stereocenters. The Morgan fingerprint density at radius 3 is 2.27 bits per heavy atom. The lowest BCUT2D eigenvalue weighted by molar-refractivity contribution is -0.115. The smallest absolute Gasteiger partial charge is 0.273 e. The third-order valence-corrected chi connectivity index (χ3v) is 5.21. The van der Waals surface area contributed by atoms with Gasteiger partial charge in [-0.2, -0.15) is 0 Å². The molecule has 0 saturated carbocycles. The van der Waals surface area contributed by atoms with E-state index in [1.807, 2.05) is 30.3 Å². The van der Waals surface area contributed by atoms with E-state index in [0.717, 1.165) is 5.56 Å². The van der Waals surface area contributed by atoms with E-state index < -0.39 is 11.8 Å². The first kappa shape index (κ1) is 24.0. The number of halogens is 1. The molecular weight excluding hydrogens is 486 g/mol. The van der Waals surface area contributed by atoms with E-state index in [0.29, 0.717) is 40.9 Å². The fraction of sp³-hybridized carbons (Fsp3) is 0.160. The predicted octanol–water partition coefficient (Wildman–Crippen LogP) is 4.49. The van der Waals surface area contributed by atoms with Crippen molar-refractivity contribution < 1.29 is 19.1 Å². The average Bonchev–Trinajstić information content (AvgIpc) is 2.84. The Labute approximate surface area is 200 Å². The van der Waals surface area contributed by atoms with Crippen LogP contribution in [0.1, 0.15) is 39.6 Å². The number of hydrogen-bond donors (Lipinski definition) is 3. The monoisotopic (exact) mass is 509 g/mol. The first-order chi connectivity index (χ1) is 16.0. The normalized spacial score (nSPS) is 10.2. The van der Waals surface area contributed by atoms with E-state index in [1.54, 1.807) is 49.4 Å². The van der Waals surface area contributed by atoms with Crippen LogP contribution in [0.15, 0.2) is 77.3 Å². The zero-order valence-electron chi connectivity index (χ0n) is 18.1. The molecule has 0 fully saturated rings. The van der Waals surface area contributed by atoms with E-state index in [4.69, 9.17) is 4.74 Å². The number of amides is 3. The van der Waals surface area contributed by atoms with Gasteiger partial charge < -0.3 is 10.1 Å². The third kappa shape index (κ3) is 7.18. The van der Waals surface area contributed by atoms with Crippen molar-refractivity contribution in [3.05, 3.63) is 94.0 Å². The molecule has 0 atom stereocenters. The minimum atomic E-state index is -0.508. The standard InChI is InChI=1S/C25H24BrN3O4/c1-2-23(30)27-20-11-8-18(9-12-20)24(31)28-29-25(32)21-16-19(26)10-13-22(21)33-15-14-17-6-4-3-5-7-17/h3-13,16H,2,14-15H2,1H3,(H,27,30)(H,28,31)(H,29,32). The van der Waals surface area contributed by atoms with Crippen LogP contribution in [0, 0.1) is 0 Å². The minimum Gasteiger partial charge on any atom is -0.492 e. The van der Waals surface area contributed by atoms with Crippen molar-refractivity contribution in [3.8, 4) is 5.75 Å². The molecule has 7 nitrogen and oxygen atoms in total. The van der Waals surface area contributed by atoms with Gasteiger partial charge >= 0.3 is 0 Å². The highest BCUT2D eigenvalue weighted by Gasteiger charge is 2.15. The van der Waals surface area contributed by atoms with Gasteiger partial charge in [-0.3, -0.25) is 25.2 Å². The summed E-state index contributed by atoms with van der Waals surface area (Å²) < 4.78 is 6.54. The van der Waals surface area contributed by atoms with Crippen molar-refractivity contribution in [1.29, 1.82) is 0 Å². The highest BCUT2D eigenvalue weighted by Crippen LogP contribution is 2.23. The molecule has 170 valence electrons. The summed E-state index contributed by atoms with van der Waals surface area (Å²) in [6, 6.07) is 21.4. The second kappa shape index (κ2) is 11.8. The molecular formula is C25H24BrN3O4. The molecule has 0 aromatic heterocycles. The van der Waals surface area contributed by atoms with Crippen molar-refractivity contribution in [1.82, 2.24) is 10.9 Å². The maximum atomic E-state index is 12.7. The molecule has 0 spiro atoms. The number of benzene rings is 3. The minimum absolute atomic E-state index is 0.115. The zero-order chi connectivity index (χ0) is 23.6. The topological polar surface area (TPSA) is 96.5 Å². The summed E-state index contributed by atoms with van der Waals surface area (Å²) in [5, 5.41) is 2.71. The number of carbonyl (C=O) groups is 3. The van der Waals surface area contributed by atoms with Crippen LogP contribution in [0.4, 0.5) is 5.69 Å². The van der Waals surface area contributed by atoms with Crippen molar-refractivity contribution >= 4 is 39.3 Å². The van der Waals surface area contributed by atoms with Crippen LogP contribution in [0.2, 0.25) is 0 Å². The molecule has 0 aliphatic carbocycles. The van der Waals surface area contributed by atoms with E-state index in [-0.39, 0.29) is 11.5 Å². The molecule has 3 aromatic rings. The summed E-state index contributed by atoms with van der Waals surface area (Å²) in [5.41, 5.74) is 7.16. The average molecular weight is 510 g/mol. The summed E-state index contributed by atoms with van der Waals surface area (Å²) in [6.45, 7) is 2.16. The van der Waals surface area contributed by atoms with Gasteiger partial charge in [0.15, 0.2) is 0 Å². The van der Waals surface area contributed by atoms with Gasteiger partial charge in [-0.1, -0.05) is 53.2 Å². The summed E-state index contributed by atoms with van der Waals surface area (Å²) in [5.74, 6) is -0.698. The SMILES string of the molecule is CCC(=O)Nc1ccc(C(=O)NNC(=O)c2cc(Br)ccc2OCCc2ccccc2)cc1. The van der Waals surface area contributed by atoms with E-state index in [2.05, 4.69) is 32.1 Å². The van der Waals surface area contributed by atoms with Crippen LogP contribution < -0.4 is 20.9 Å². The molecule has 3 rings (SSSR count). The van der Waals surface area contributed by atoms with Crippen molar-refractivity contribution in [2.45, 2.75) is 19.8 Å². The van der Waals surface area contributed by atoms with Crippen LogP contribution >= 0.6 is 15.9 Å². The quantitative estimate of drug-likeness (QED) is 0.389. The molecule has 0 aliphatic heterocycles. The van der Waals surface area contributed by atoms with Gasteiger partial charge in [0.25, 0.3) is 11.8 Å². The lowest BCUT2D eigenvalue weighted by Crippen LogP contribution is -2.41. The lowest BCUT2D eigenvalue weighted by Gasteiger charge is -2.13.